The zero-order valence-corrected chi connectivity index (χ0v) is 9.39. The molecule has 1 N–H and O–H groups in total. The molecule has 0 aromatic carbocycles. The fourth-order valence-electron chi connectivity index (χ4n) is 1.87. The lowest BCUT2D eigenvalue weighted by Gasteiger charge is -2.19. The first-order valence-electron chi connectivity index (χ1n) is 5.48. The minimum atomic E-state index is -0.0382. The van der Waals surface area contributed by atoms with Crippen molar-refractivity contribution in [3.63, 3.8) is 0 Å². The van der Waals surface area contributed by atoms with E-state index in [9.17, 15) is 0 Å². The number of nitrogens with zero attached hydrogens (tertiary/aromatic N) is 2. The van der Waals surface area contributed by atoms with Crippen LogP contribution in [0.3, 0.4) is 0 Å². The molecule has 0 bridgehead atoms. The van der Waals surface area contributed by atoms with Gasteiger partial charge in [0.1, 0.15) is 0 Å². The van der Waals surface area contributed by atoms with Crippen molar-refractivity contribution in [2.75, 3.05) is 7.11 Å². The summed E-state index contributed by atoms with van der Waals surface area (Å²) in [5.74, 6) is 0.737. The molecule has 4 heteroatoms. The van der Waals surface area contributed by atoms with Crippen molar-refractivity contribution < 1.29 is 9.84 Å². The van der Waals surface area contributed by atoms with Crippen LogP contribution in [0.1, 0.15) is 30.8 Å². The molecule has 1 aliphatic rings. The summed E-state index contributed by atoms with van der Waals surface area (Å²) in [6, 6.07) is 1.73. The van der Waals surface area contributed by atoms with Crippen LogP contribution in [0.15, 0.2) is 18.3 Å². The molecule has 1 aromatic heterocycles. The van der Waals surface area contributed by atoms with Gasteiger partial charge in [0.25, 0.3) is 0 Å². The Labute approximate surface area is 95.0 Å². The lowest BCUT2D eigenvalue weighted by Crippen LogP contribution is -2.14. The molecule has 0 radical (unpaired) electrons. The molecule has 0 amide bonds. The Morgan fingerprint density at radius 2 is 2.44 bits per heavy atom. The maximum absolute atomic E-state index is 9.01. The molecular weight excluding hydrogens is 204 g/mol. The highest BCUT2D eigenvalue weighted by molar-refractivity contribution is 5.60. The van der Waals surface area contributed by atoms with Gasteiger partial charge in [-0.2, -0.15) is 0 Å². The van der Waals surface area contributed by atoms with E-state index >= 15 is 0 Å². The zero-order valence-electron chi connectivity index (χ0n) is 9.39. The third-order valence-electron chi connectivity index (χ3n) is 2.86. The quantitative estimate of drug-likeness (QED) is 0.839. The van der Waals surface area contributed by atoms with Gasteiger partial charge in [-0.25, -0.2) is 9.97 Å². The van der Waals surface area contributed by atoms with Crippen molar-refractivity contribution in [3.8, 4) is 0 Å². The first kappa shape index (κ1) is 11.2. The Kier molecular flexibility index (Phi) is 3.64. The number of methoxy groups -OCH3 is 1. The number of aromatic nitrogens is 2. The van der Waals surface area contributed by atoms with Crippen molar-refractivity contribution in [1.29, 1.82) is 0 Å². The highest BCUT2D eigenvalue weighted by Crippen LogP contribution is 2.25. The predicted molar refractivity (Wildman–Crippen MR) is 60.6 cm³/mol. The summed E-state index contributed by atoms with van der Waals surface area (Å²) in [6.45, 7) is -0.0382. The van der Waals surface area contributed by atoms with Gasteiger partial charge in [-0.05, 0) is 30.9 Å². The maximum Gasteiger partial charge on any atom is 0.155 e. The Hall–Kier alpha value is -1.26. The van der Waals surface area contributed by atoms with Gasteiger partial charge in [-0.1, -0.05) is 6.08 Å². The Bertz CT molecular complexity index is 390. The molecule has 0 aliphatic heterocycles. The summed E-state index contributed by atoms with van der Waals surface area (Å²) in [4.78, 5) is 8.53. The van der Waals surface area contributed by atoms with E-state index in [1.54, 1.807) is 19.4 Å². The van der Waals surface area contributed by atoms with Gasteiger partial charge in [-0.15, -0.1) is 0 Å². The van der Waals surface area contributed by atoms with Crippen LogP contribution in [0.25, 0.3) is 5.57 Å². The molecule has 1 aromatic rings. The molecule has 0 spiro atoms. The van der Waals surface area contributed by atoms with E-state index < -0.39 is 0 Å². The van der Waals surface area contributed by atoms with Crippen molar-refractivity contribution in [2.45, 2.75) is 32.0 Å². The number of allylic oxidation sites excluding steroid dienone is 1. The number of aliphatic hydroxyl groups excluding tert-OH is 1. The summed E-state index contributed by atoms with van der Waals surface area (Å²) in [5.41, 5.74) is 1.82. The molecule has 1 aliphatic carbocycles. The molecule has 16 heavy (non-hydrogen) atoms. The van der Waals surface area contributed by atoms with Gasteiger partial charge in [0.05, 0.1) is 18.4 Å². The molecule has 0 saturated heterocycles. The average molecular weight is 220 g/mol. The molecule has 0 fully saturated rings. The zero-order chi connectivity index (χ0) is 11.4. The second-order valence-corrected chi connectivity index (χ2v) is 3.89. The van der Waals surface area contributed by atoms with Crippen molar-refractivity contribution in [2.24, 2.45) is 0 Å². The van der Waals surface area contributed by atoms with E-state index in [0.29, 0.717) is 11.8 Å². The lowest BCUT2D eigenvalue weighted by molar-refractivity contribution is 0.0963. The summed E-state index contributed by atoms with van der Waals surface area (Å²) in [6.07, 6.45) is 7.01. The van der Waals surface area contributed by atoms with Gasteiger partial charge in [0.15, 0.2) is 5.82 Å². The van der Waals surface area contributed by atoms with E-state index in [0.717, 1.165) is 30.7 Å². The van der Waals surface area contributed by atoms with Crippen molar-refractivity contribution in [1.82, 2.24) is 9.97 Å². The topological polar surface area (TPSA) is 55.2 Å². The van der Waals surface area contributed by atoms with Gasteiger partial charge in [-0.3, -0.25) is 0 Å². The number of hydrogen-bond acceptors (Lipinski definition) is 4. The Balaban J connectivity index is 2.15. The highest BCUT2D eigenvalue weighted by atomic mass is 16.5. The molecule has 86 valence electrons. The van der Waals surface area contributed by atoms with Crippen LogP contribution in [0.2, 0.25) is 0 Å². The second kappa shape index (κ2) is 5.18. The summed E-state index contributed by atoms with van der Waals surface area (Å²) < 4.78 is 5.29. The smallest absolute Gasteiger partial charge is 0.155 e. The molecule has 1 unspecified atom stereocenters. The van der Waals surface area contributed by atoms with Crippen LogP contribution in [0.4, 0.5) is 0 Å². The number of ether oxygens (including phenoxy) is 1. The summed E-state index contributed by atoms with van der Waals surface area (Å²) >= 11 is 0. The molecule has 1 atom stereocenters. The van der Waals surface area contributed by atoms with Crippen LogP contribution in [-0.2, 0) is 11.3 Å². The molecule has 2 rings (SSSR count). The van der Waals surface area contributed by atoms with Crippen molar-refractivity contribution >= 4 is 5.57 Å². The minimum Gasteiger partial charge on any atom is -0.390 e. The number of rotatable bonds is 3. The number of hydrogen-bond donors (Lipinski definition) is 1. The number of aliphatic hydroxyl groups is 1. The summed E-state index contributed by atoms with van der Waals surface area (Å²) in [7, 11) is 1.74. The Morgan fingerprint density at radius 3 is 3.06 bits per heavy atom. The first-order valence-corrected chi connectivity index (χ1v) is 5.48. The van der Waals surface area contributed by atoms with Crippen LogP contribution in [-0.4, -0.2) is 28.3 Å². The van der Waals surface area contributed by atoms with Crippen LogP contribution < -0.4 is 0 Å². The van der Waals surface area contributed by atoms with E-state index in [1.807, 2.05) is 0 Å². The predicted octanol–water partition coefficient (Wildman–Crippen LogP) is 1.55. The van der Waals surface area contributed by atoms with Crippen LogP contribution in [0, 0.1) is 0 Å². The fraction of sp³-hybridized carbons (Fsp3) is 0.500. The monoisotopic (exact) mass is 220 g/mol. The molecular formula is C12H16N2O2. The first-order chi connectivity index (χ1) is 7.83. The minimum absolute atomic E-state index is 0.0382. The van der Waals surface area contributed by atoms with Gasteiger partial charge in [0.2, 0.25) is 0 Å². The largest absolute Gasteiger partial charge is 0.390 e. The third-order valence-corrected chi connectivity index (χ3v) is 2.86. The average Bonchev–Trinajstić information content (AvgIpc) is 2.39. The van der Waals surface area contributed by atoms with Gasteiger partial charge in [0, 0.05) is 13.3 Å². The second-order valence-electron chi connectivity index (χ2n) is 3.89. The van der Waals surface area contributed by atoms with Gasteiger partial charge < -0.3 is 9.84 Å². The molecule has 0 saturated carbocycles. The molecule has 4 nitrogen and oxygen atoms in total. The van der Waals surface area contributed by atoms with E-state index in [1.165, 1.54) is 0 Å². The Morgan fingerprint density at radius 1 is 1.56 bits per heavy atom. The SMILES string of the molecule is COC1CC=C(c2nccc(CO)n2)CC1. The van der Waals surface area contributed by atoms with E-state index in [4.69, 9.17) is 9.84 Å². The summed E-state index contributed by atoms with van der Waals surface area (Å²) in [5, 5.41) is 9.01. The van der Waals surface area contributed by atoms with E-state index in [2.05, 4.69) is 16.0 Å². The van der Waals surface area contributed by atoms with Gasteiger partial charge >= 0.3 is 0 Å². The van der Waals surface area contributed by atoms with Crippen molar-refractivity contribution in [3.05, 3.63) is 29.9 Å². The highest BCUT2D eigenvalue weighted by Gasteiger charge is 2.16. The normalized spacial score (nSPS) is 20.6. The lowest BCUT2D eigenvalue weighted by atomic mass is 9.96. The van der Waals surface area contributed by atoms with Crippen LogP contribution >= 0.6 is 0 Å². The van der Waals surface area contributed by atoms with Crippen LogP contribution in [0.5, 0.6) is 0 Å². The fourth-order valence-corrected chi connectivity index (χ4v) is 1.87. The third kappa shape index (κ3) is 2.46. The molecule has 1 heterocycles. The van der Waals surface area contributed by atoms with E-state index in [-0.39, 0.29) is 6.61 Å². The maximum atomic E-state index is 9.01. The standard InChI is InChI=1S/C12H16N2O2/c1-16-11-4-2-9(3-5-11)12-13-7-6-10(8-15)14-12/h2,6-7,11,15H,3-5,8H2,1H3.